The summed E-state index contributed by atoms with van der Waals surface area (Å²) in [5.74, 6) is 2.31. The molecule has 2 aromatic heterocycles. The van der Waals surface area contributed by atoms with Gasteiger partial charge in [0, 0.05) is 38.4 Å². The highest BCUT2D eigenvalue weighted by molar-refractivity contribution is 14.0. The summed E-state index contributed by atoms with van der Waals surface area (Å²) in [4.78, 5) is 9.29. The number of aliphatic imine (C=N–C) groups is 1. The molecule has 1 aromatic carbocycles. The van der Waals surface area contributed by atoms with Crippen LogP contribution in [0, 0.1) is 0 Å². The third-order valence-electron chi connectivity index (χ3n) is 4.55. The predicted molar refractivity (Wildman–Crippen MR) is 132 cm³/mol. The van der Waals surface area contributed by atoms with Crippen LogP contribution in [0.4, 0.5) is 0 Å². The molecule has 0 unspecified atom stereocenters. The van der Waals surface area contributed by atoms with Crippen LogP contribution in [0.2, 0.25) is 0 Å². The number of benzene rings is 1. The molecule has 0 bridgehead atoms. The molecule has 0 spiro atoms. The molecule has 0 amide bonds. The zero-order valence-corrected chi connectivity index (χ0v) is 20.1. The number of rotatable bonds is 9. The van der Waals surface area contributed by atoms with E-state index in [1.54, 1.807) is 14.2 Å². The first-order valence-corrected chi connectivity index (χ1v) is 9.89. The molecule has 3 rings (SSSR count). The van der Waals surface area contributed by atoms with Gasteiger partial charge in [0.2, 0.25) is 0 Å². The zero-order valence-electron chi connectivity index (χ0n) is 17.7. The molecule has 0 saturated carbocycles. The van der Waals surface area contributed by atoms with Crippen molar-refractivity contribution < 1.29 is 9.47 Å². The summed E-state index contributed by atoms with van der Waals surface area (Å²) in [5, 5.41) is 6.68. The fraction of sp³-hybridized carbons (Fsp3) is 0.364. The Bertz CT molecular complexity index is 925. The van der Waals surface area contributed by atoms with Gasteiger partial charge in [-0.3, -0.25) is 4.99 Å². The highest BCUT2D eigenvalue weighted by atomic mass is 127. The van der Waals surface area contributed by atoms with Crippen LogP contribution in [0.5, 0.6) is 11.5 Å². The second kappa shape index (κ2) is 12.3. The third-order valence-corrected chi connectivity index (χ3v) is 4.55. The SMILES string of the molecule is CCNC(=NCCc1cn2ccccc2n1)NCCc1ccc(OC)c(OC)c1.I. The number of nitrogens with zero attached hydrogens (tertiary/aromatic N) is 3. The maximum Gasteiger partial charge on any atom is 0.191 e. The van der Waals surface area contributed by atoms with Gasteiger partial charge in [0.15, 0.2) is 17.5 Å². The molecule has 0 saturated heterocycles. The molecular weight excluding hydrogens is 493 g/mol. The Balaban J connectivity index is 0.00000320. The molecule has 2 N–H and O–H groups in total. The summed E-state index contributed by atoms with van der Waals surface area (Å²) in [6, 6.07) is 12.0. The van der Waals surface area contributed by atoms with E-state index < -0.39 is 0 Å². The Kier molecular flexibility index (Phi) is 9.72. The number of ether oxygens (including phenoxy) is 2. The number of methoxy groups -OCH3 is 2. The van der Waals surface area contributed by atoms with Crippen molar-refractivity contribution in [2.24, 2.45) is 4.99 Å². The van der Waals surface area contributed by atoms with E-state index in [9.17, 15) is 0 Å². The molecular formula is C22H30IN5O2. The second-order valence-corrected chi connectivity index (χ2v) is 6.58. The van der Waals surface area contributed by atoms with Crippen molar-refractivity contribution in [3.63, 3.8) is 0 Å². The topological polar surface area (TPSA) is 72.2 Å². The average molecular weight is 523 g/mol. The molecule has 0 aliphatic heterocycles. The van der Waals surface area contributed by atoms with Gasteiger partial charge >= 0.3 is 0 Å². The Labute approximate surface area is 194 Å². The average Bonchev–Trinajstić information content (AvgIpc) is 3.16. The summed E-state index contributed by atoms with van der Waals surface area (Å²) in [6.07, 6.45) is 5.72. The molecule has 0 aliphatic carbocycles. The Morgan fingerprint density at radius 3 is 2.63 bits per heavy atom. The highest BCUT2D eigenvalue weighted by Crippen LogP contribution is 2.27. The van der Waals surface area contributed by atoms with Crippen LogP contribution < -0.4 is 20.1 Å². The van der Waals surface area contributed by atoms with Gasteiger partial charge in [0.25, 0.3) is 0 Å². The molecule has 162 valence electrons. The fourth-order valence-electron chi connectivity index (χ4n) is 3.09. The first-order valence-electron chi connectivity index (χ1n) is 9.89. The molecule has 3 aromatic rings. The number of hydrogen-bond donors (Lipinski definition) is 2. The number of imidazole rings is 1. The minimum atomic E-state index is 0. The minimum absolute atomic E-state index is 0. The van der Waals surface area contributed by atoms with Gasteiger partial charge in [-0.25, -0.2) is 4.98 Å². The number of nitrogens with one attached hydrogen (secondary N) is 2. The Hall–Kier alpha value is -2.49. The second-order valence-electron chi connectivity index (χ2n) is 6.58. The predicted octanol–water partition coefficient (Wildman–Crippen LogP) is 3.31. The Morgan fingerprint density at radius 2 is 1.90 bits per heavy atom. The van der Waals surface area contributed by atoms with E-state index in [2.05, 4.69) is 39.8 Å². The zero-order chi connectivity index (χ0) is 20.5. The largest absolute Gasteiger partial charge is 0.493 e. The van der Waals surface area contributed by atoms with E-state index in [-0.39, 0.29) is 24.0 Å². The molecule has 2 heterocycles. The van der Waals surface area contributed by atoms with E-state index >= 15 is 0 Å². The lowest BCUT2D eigenvalue weighted by Gasteiger charge is -2.12. The van der Waals surface area contributed by atoms with Crippen molar-refractivity contribution in [1.29, 1.82) is 0 Å². The summed E-state index contributed by atoms with van der Waals surface area (Å²) in [5.41, 5.74) is 3.18. The van der Waals surface area contributed by atoms with Gasteiger partial charge in [-0.1, -0.05) is 12.1 Å². The summed E-state index contributed by atoms with van der Waals surface area (Å²) in [6.45, 7) is 4.33. The Morgan fingerprint density at radius 1 is 1.07 bits per heavy atom. The van der Waals surface area contributed by atoms with Gasteiger partial charge in [-0.05, 0) is 43.2 Å². The molecule has 0 aliphatic rings. The summed E-state index contributed by atoms with van der Waals surface area (Å²) in [7, 11) is 3.30. The van der Waals surface area contributed by atoms with Crippen LogP contribution >= 0.6 is 24.0 Å². The molecule has 7 nitrogen and oxygen atoms in total. The standard InChI is InChI=1S/C22H29N5O2.HI/c1-4-23-22(24-12-10-17-8-9-19(28-2)20(15-17)29-3)25-13-11-18-16-27-14-6-5-7-21(27)26-18;/h5-9,14-16H,4,10-13H2,1-3H3,(H2,23,24,25);1H. The molecule has 0 atom stereocenters. The van der Waals surface area contributed by atoms with Gasteiger partial charge < -0.3 is 24.5 Å². The number of fused-ring (bicyclic) bond motifs is 1. The van der Waals surface area contributed by atoms with Crippen LogP contribution in [0.25, 0.3) is 5.65 Å². The normalized spacial score (nSPS) is 11.1. The molecule has 0 fully saturated rings. The van der Waals surface area contributed by atoms with Crippen LogP contribution in [0.3, 0.4) is 0 Å². The van der Waals surface area contributed by atoms with Crippen molar-refractivity contribution in [2.75, 3.05) is 33.9 Å². The lowest BCUT2D eigenvalue weighted by Crippen LogP contribution is -2.38. The maximum absolute atomic E-state index is 5.37. The summed E-state index contributed by atoms with van der Waals surface area (Å²) < 4.78 is 12.7. The first kappa shape index (κ1) is 23.8. The van der Waals surface area contributed by atoms with E-state index in [1.807, 2.05) is 40.9 Å². The molecule has 8 heteroatoms. The van der Waals surface area contributed by atoms with Crippen molar-refractivity contribution in [2.45, 2.75) is 19.8 Å². The first-order chi connectivity index (χ1) is 14.2. The summed E-state index contributed by atoms with van der Waals surface area (Å²) >= 11 is 0. The number of hydrogen-bond acceptors (Lipinski definition) is 4. The third kappa shape index (κ3) is 6.51. The van der Waals surface area contributed by atoms with Crippen LogP contribution in [0.15, 0.2) is 53.8 Å². The van der Waals surface area contributed by atoms with Gasteiger partial charge in [-0.2, -0.15) is 0 Å². The minimum Gasteiger partial charge on any atom is -0.493 e. The number of aromatic nitrogens is 2. The van der Waals surface area contributed by atoms with Gasteiger partial charge in [0.1, 0.15) is 5.65 Å². The van der Waals surface area contributed by atoms with Crippen molar-refractivity contribution in [3.05, 3.63) is 60.0 Å². The smallest absolute Gasteiger partial charge is 0.191 e. The number of halogens is 1. The van der Waals surface area contributed by atoms with E-state index in [0.717, 1.165) is 54.7 Å². The monoisotopic (exact) mass is 523 g/mol. The van der Waals surface area contributed by atoms with Gasteiger partial charge in [-0.15, -0.1) is 24.0 Å². The van der Waals surface area contributed by atoms with E-state index in [4.69, 9.17) is 9.47 Å². The number of pyridine rings is 1. The van der Waals surface area contributed by atoms with Crippen LogP contribution in [-0.4, -0.2) is 49.2 Å². The number of guanidine groups is 1. The maximum atomic E-state index is 5.37. The molecule has 0 radical (unpaired) electrons. The van der Waals surface area contributed by atoms with Gasteiger partial charge in [0.05, 0.1) is 19.9 Å². The van der Waals surface area contributed by atoms with Crippen molar-refractivity contribution in [3.8, 4) is 11.5 Å². The van der Waals surface area contributed by atoms with E-state index in [0.29, 0.717) is 6.54 Å². The van der Waals surface area contributed by atoms with Crippen LogP contribution in [-0.2, 0) is 12.8 Å². The highest BCUT2D eigenvalue weighted by Gasteiger charge is 2.05. The van der Waals surface area contributed by atoms with Crippen molar-refractivity contribution in [1.82, 2.24) is 20.0 Å². The van der Waals surface area contributed by atoms with Crippen molar-refractivity contribution >= 4 is 35.6 Å². The quantitative estimate of drug-likeness (QED) is 0.256. The molecule has 30 heavy (non-hydrogen) atoms. The van der Waals surface area contributed by atoms with E-state index in [1.165, 1.54) is 5.56 Å². The fourth-order valence-corrected chi connectivity index (χ4v) is 3.09. The lowest BCUT2D eigenvalue weighted by molar-refractivity contribution is 0.354. The lowest BCUT2D eigenvalue weighted by atomic mass is 10.1. The van der Waals surface area contributed by atoms with Crippen LogP contribution in [0.1, 0.15) is 18.2 Å².